The van der Waals surface area contributed by atoms with Gasteiger partial charge < -0.3 is 5.32 Å². The molecule has 0 bridgehead atoms. The van der Waals surface area contributed by atoms with Crippen molar-refractivity contribution in [2.45, 2.75) is 57.8 Å². The molecular formula is C21H25N5O2S. The van der Waals surface area contributed by atoms with Crippen LogP contribution in [0.2, 0.25) is 0 Å². The second-order valence-electron chi connectivity index (χ2n) is 8.55. The Bertz CT molecular complexity index is 1170. The third-order valence-corrected chi connectivity index (χ3v) is 6.32. The standard InChI is InChI=1S/C21H25N5O2S/c1-12-6-7-14(8-13(12)2)23-17(27)9-15-11-29-20-24-18-16(19(28)25(15)20)10-22-26(18)21(3,4)5/h6-8,10,15H,9,11H2,1-5H3,(H,23,27). The number of rotatable bonds is 3. The molecular weight excluding hydrogens is 386 g/mol. The molecule has 2 aromatic heterocycles. The molecule has 1 unspecified atom stereocenters. The first-order valence-electron chi connectivity index (χ1n) is 9.66. The minimum absolute atomic E-state index is 0.107. The molecule has 29 heavy (non-hydrogen) atoms. The fourth-order valence-corrected chi connectivity index (χ4v) is 4.65. The highest BCUT2D eigenvalue weighted by Gasteiger charge is 2.30. The number of anilines is 1. The summed E-state index contributed by atoms with van der Waals surface area (Å²) >= 11 is 1.51. The van der Waals surface area contributed by atoms with Gasteiger partial charge in [-0.15, -0.1) is 0 Å². The molecule has 7 nitrogen and oxygen atoms in total. The lowest BCUT2D eigenvalue weighted by atomic mass is 10.1. The number of aryl methyl sites for hydroxylation is 2. The minimum Gasteiger partial charge on any atom is -0.326 e. The van der Waals surface area contributed by atoms with Crippen molar-refractivity contribution in [3.8, 4) is 0 Å². The SMILES string of the molecule is Cc1ccc(NC(=O)CC2CSc3nc4c(cnn4C(C)(C)C)c(=O)n32)cc1C. The number of nitrogens with one attached hydrogen (secondary N) is 1. The molecule has 3 heterocycles. The zero-order valence-corrected chi connectivity index (χ0v) is 18.1. The average Bonchev–Trinajstić information content (AvgIpc) is 3.23. The highest BCUT2D eigenvalue weighted by Crippen LogP contribution is 2.34. The zero-order chi connectivity index (χ0) is 20.9. The van der Waals surface area contributed by atoms with Gasteiger partial charge >= 0.3 is 0 Å². The van der Waals surface area contributed by atoms with E-state index >= 15 is 0 Å². The quantitative estimate of drug-likeness (QED) is 0.666. The third kappa shape index (κ3) is 3.57. The maximum absolute atomic E-state index is 13.1. The van der Waals surface area contributed by atoms with Crippen LogP contribution in [-0.2, 0) is 10.3 Å². The molecule has 1 aliphatic heterocycles. The van der Waals surface area contributed by atoms with Gasteiger partial charge in [-0.25, -0.2) is 9.67 Å². The fourth-order valence-electron chi connectivity index (χ4n) is 3.52. The van der Waals surface area contributed by atoms with E-state index < -0.39 is 0 Å². The maximum atomic E-state index is 13.1. The molecule has 0 saturated carbocycles. The Morgan fingerprint density at radius 1 is 1.28 bits per heavy atom. The van der Waals surface area contributed by atoms with E-state index in [1.54, 1.807) is 15.4 Å². The Morgan fingerprint density at radius 3 is 2.72 bits per heavy atom. The monoisotopic (exact) mass is 411 g/mol. The van der Waals surface area contributed by atoms with E-state index in [-0.39, 0.29) is 29.5 Å². The number of amides is 1. The van der Waals surface area contributed by atoms with Gasteiger partial charge in [0.15, 0.2) is 10.8 Å². The van der Waals surface area contributed by atoms with Gasteiger partial charge in [0.25, 0.3) is 5.56 Å². The van der Waals surface area contributed by atoms with Crippen molar-refractivity contribution in [2.24, 2.45) is 0 Å². The lowest BCUT2D eigenvalue weighted by molar-refractivity contribution is -0.116. The molecule has 0 radical (unpaired) electrons. The van der Waals surface area contributed by atoms with Gasteiger partial charge in [-0.2, -0.15) is 5.10 Å². The number of carbonyl (C=O) groups is 1. The highest BCUT2D eigenvalue weighted by atomic mass is 32.2. The van der Waals surface area contributed by atoms with Gasteiger partial charge in [0, 0.05) is 17.9 Å². The molecule has 0 spiro atoms. The first-order chi connectivity index (χ1) is 13.6. The normalized spacial score (nSPS) is 16.2. The Morgan fingerprint density at radius 2 is 2.03 bits per heavy atom. The zero-order valence-electron chi connectivity index (χ0n) is 17.3. The molecule has 1 N–H and O–H groups in total. The summed E-state index contributed by atoms with van der Waals surface area (Å²) in [6, 6.07) is 5.63. The maximum Gasteiger partial charge on any atom is 0.265 e. The van der Waals surface area contributed by atoms with E-state index in [0.29, 0.717) is 21.9 Å². The number of carbonyl (C=O) groups excluding carboxylic acids is 1. The third-order valence-electron chi connectivity index (χ3n) is 5.22. The lowest BCUT2D eigenvalue weighted by Gasteiger charge is -2.20. The minimum atomic E-state index is -0.269. The van der Waals surface area contributed by atoms with Gasteiger partial charge in [0.05, 0.1) is 17.8 Å². The summed E-state index contributed by atoms with van der Waals surface area (Å²) in [5.74, 6) is 0.544. The molecule has 1 aliphatic rings. The van der Waals surface area contributed by atoms with Crippen LogP contribution in [0.5, 0.6) is 0 Å². The Balaban J connectivity index is 1.60. The van der Waals surface area contributed by atoms with Gasteiger partial charge in [-0.1, -0.05) is 17.8 Å². The van der Waals surface area contributed by atoms with E-state index in [0.717, 1.165) is 11.3 Å². The number of fused-ring (bicyclic) bond motifs is 2. The summed E-state index contributed by atoms with van der Waals surface area (Å²) < 4.78 is 3.44. The first kappa shape index (κ1) is 19.7. The Labute approximate surface area is 173 Å². The van der Waals surface area contributed by atoms with Crippen molar-refractivity contribution < 1.29 is 4.79 Å². The molecule has 3 aromatic rings. The molecule has 152 valence electrons. The number of benzene rings is 1. The van der Waals surface area contributed by atoms with Crippen LogP contribution in [-0.4, -0.2) is 31.0 Å². The molecule has 0 aliphatic carbocycles. The Hall–Kier alpha value is -2.61. The lowest BCUT2D eigenvalue weighted by Crippen LogP contribution is -2.29. The number of hydrogen-bond acceptors (Lipinski definition) is 5. The average molecular weight is 412 g/mol. The molecule has 1 atom stereocenters. The number of thioether (sulfide) groups is 1. The summed E-state index contributed by atoms with van der Waals surface area (Å²) in [4.78, 5) is 30.4. The number of hydrogen-bond donors (Lipinski definition) is 1. The van der Waals surface area contributed by atoms with Crippen molar-refractivity contribution in [1.29, 1.82) is 0 Å². The summed E-state index contributed by atoms with van der Waals surface area (Å²) in [6.07, 6.45) is 1.81. The van der Waals surface area contributed by atoms with E-state index in [9.17, 15) is 9.59 Å². The van der Waals surface area contributed by atoms with Gasteiger partial charge in [-0.3, -0.25) is 14.2 Å². The van der Waals surface area contributed by atoms with E-state index in [4.69, 9.17) is 4.98 Å². The number of nitrogens with zero attached hydrogens (tertiary/aromatic N) is 4. The predicted octanol–water partition coefficient (Wildman–Crippen LogP) is 3.64. The van der Waals surface area contributed by atoms with Crippen LogP contribution in [0, 0.1) is 13.8 Å². The molecule has 1 amide bonds. The topological polar surface area (TPSA) is 81.8 Å². The van der Waals surface area contributed by atoms with Crippen LogP contribution in [0.25, 0.3) is 11.0 Å². The number of aromatic nitrogens is 4. The summed E-state index contributed by atoms with van der Waals surface area (Å²) in [6.45, 7) is 10.1. The van der Waals surface area contributed by atoms with Gasteiger partial charge in [-0.05, 0) is 57.9 Å². The second-order valence-corrected chi connectivity index (χ2v) is 9.54. The first-order valence-corrected chi connectivity index (χ1v) is 10.6. The summed E-state index contributed by atoms with van der Waals surface area (Å²) in [7, 11) is 0. The molecule has 0 saturated heterocycles. The molecule has 8 heteroatoms. The van der Waals surface area contributed by atoms with Crippen LogP contribution in [0.15, 0.2) is 34.3 Å². The van der Waals surface area contributed by atoms with Crippen LogP contribution in [0.4, 0.5) is 5.69 Å². The fraction of sp³-hybridized carbons (Fsp3) is 0.429. The van der Waals surface area contributed by atoms with E-state index in [2.05, 4.69) is 10.4 Å². The molecule has 4 rings (SSSR count). The Kier molecular flexibility index (Phi) is 4.77. The van der Waals surface area contributed by atoms with Crippen LogP contribution in [0.3, 0.4) is 0 Å². The largest absolute Gasteiger partial charge is 0.326 e. The smallest absolute Gasteiger partial charge is 0.265 e. The van der Waals surface area contributed by atoms with Crippen molar-refractivity contribution in [3.63, 3.8) is 0 Å². The molecule has 0 fully saturated rings. The highest BCUT2D eigenvalue weighted by molar-refractivity contribution is 7.99. The van der Waals surface area contributed by atoms with E-state index in [1.807, 2.05) is 52.8 Å². The van der Waals surface area contributed by atoms with Crippen molar-refractivity contribution in [3.05, 3.63) is 45.9 Å². The van der Waals surface area contributed by atoms with Crippen LogP contribution < -0.4 is 10.9 Å². The van der Waals surface area contributed by atoms with Crippen LogP contribution >= 0.6 is 11.8 Å². The molecule has 1 aromatic carbocycles. The van der Waals surface area contributed by atoms with Crippen molar-refractivity contribution >= 4 is 34.4 Å². The van der Waals surface area contributed by atoms with Crippen molar-refractivity contribution in [2.75, 3.05) is 11.1 Å². The summed E-state index contributed by atoms with van der Waals surface area (Å²) in [5, 5.41) is 8.47. The van der Waals surface area contributed by atoms with Crippen LogP contribution in [0.1, 0.15) is 44.4 Å². The second kappa shape index (κ2) is 7.02. The van der Waals surface area contributed by atoms with Gasteiger partial charge in [0.2, 0.25) is 5.91 Å². The summed E-state index contributed by atoms with van der Waals surface area (Å²) in [5.41, 5.74) is 3.28. The van der Waals surface area contributed by atoms with Gasteiger partial charge in [0.1, 0.15) is 5.39 Å². The predicted molar refractivity (Wildman–Crippen MR) is 116 cm³/mol. The van der Waals surface area contributed by atoms with E-state index in [1.165, 1.54) is 17.3 Å². The van der Waals surface area contributed by atoms with Crippen molar-refractivity contribution in [1.82, 2.24) is 19.3 Å².